The minimum atomic E-state index is 0.355. The molecule has 0 aromatic carbocycles. The lowest BCUT2D eigenvalue weighted by Gasteiger charge is -2.05. The van der Waals surface area contributed by atoms with Crippen LogP contribution in [-0.2, 0) is 6.54 Å². The molecule has 0 spiro atoms. The van der Waals surface area contributed by atoms with Gasteiger partial charge in [0.1, 0.15) is 5.82 Å². The molecule has 82 valence electrons. The number of aryl methyl sites for hydroxylation is 1. The van der Waals surface area contributed by atoms with Crippen molar-refractivity contribution in [1.29, 1.82) is 0 Å². The van der Waals surface area contributed by atoms with E-state index >= 15 is 0 Å². The van der Waals surface area contributed by atoms with Gasteiger partial charge in [-0.25, -0.2) is 19.9 Å². The Morgan fingerprint density at radius 2 is 2.00 bits per heavy atom. The van der Waals surface area contributed by atoms with Crippen molar-refractivity contribution in [3.63, 3.8) is 0 Å². The Bertz CT molecular complexity index is 488. The van der Waals surface area contributed by atoms with Crippen molar-refractivity contribution < 1.29 is 0 Å². The number of rotatable bonds is 3. The summed E-state index contributed by atoms with van der Waals surface area (Å²) in [5.41, 5.74) is 0.884. The minimum absolute atomic E-state index is 0.355. The summed E-state index contributed by atoms with van der Waals surface area (Å²) in [6, 6.07) is 1.84. The molecule has 0 unspecified atom stereocenters. The van der Waals surface area contributed by atoms with Gasteiger partial charge in [0.15, 0.2) is 11.0 Å². The molecule has 0 fully saturated rings. The number of halogens is 1. The maximum atomic E-state index is 5.85. The Hall–Kier alpha value is -1.75. The normalized spacial score (nSPS) is 10.1. The van der Waals surface area contributed by atoms with Crippen molar-refractivity contribution in [2.24, 2.45) is 0 Å². The lowest BCUT2D eigenvalue weighted by molar-refractivity contribution is 0.948. The van der Waals surface area contributed by atoms with Gasteiger partial charge >= 0.3 is 0 Å². The van der Waals surface area contributed by atoms with Crippen LogP contribution in [0.25, 0.3) is 0 Å². The third-order valence-electron chi connectivity index (χ3n) is 1.92. The molecule has 2 rings (SSSR count). The van der Waals surface area contributed by atoms with Gasteiger partial charge in [-0.1, -0.05) is 11.6 Å². The lowest BCUT2D eigenvalue weighted by Crippen LogP contribution is -2.05. The Morgan fingerprint density at radius 1 is 1.19 bits per heavy atom. The van der Waals surface area contributed by atoms with E-state index in [4.69, 9.17) is 11.6 Å². The zero-order valence-electron chi connectivity index (χ0n) is 8.68. The van der Waals surface area contributed by atoms with Crippen LogP contribution in [-0.4, -0.2) is 19.9 Å². The van der Waals surface area contributed by atoms with E-state index in [1.54, 1.807) is 18.6 Å². The number of hydrogen-bond donors (Lipinski definition) is 1. The van der Waals surface area contributed by atoms with Crippen LogP contribution in [0.15, 0.2) is 24.7 Å². The first-order chi connectivity index (χ1) is 7.75. The van der Waals surface area contributed by atoms with Gasteiger partial charge in [-0.15, -0.1) is 0 Å². The summed E-state index contributed by atoms with van der Waals surface area (Å²) in [7, 11) is 0. The average molecular weight is 236 g/mol. The number of aromatic nitrogens is 4. The first kappa shape index (κ1) is 10.8. The topological polar surface area (TPSA) is 63.6 Å². The van der Waals surface area contributed by atoms with E-state index in [1.165, 1.54) is 0 Å². The Balaban J connectivity index is 2.05. The molecule has 1 N–H and O–H groups in total. The van der Waals surface area contributed by atoms with E-state index in [9.17, 15) is 0 Å². The summed E-state index contributed by atoms with van der Waals surface area (Å²) in [5, 5.41) is 3.42. The minimum Gasteiger partial charge on any atom is -0.362 e. The third-order valence-corrected chi connectivity index (χ3v) is 2.20. The Labute approximate surface area is 98.0 Å². The highest BCUT2D eigenvalue weighted by atomic mass is 35.5. The van der Waals surface area contributed by atoms with Crippen LogP contribution in [0.5, 0.6) is 0 Å². The number of nitrogens with zero attached hydrogens (tertiary/aromatic N) is 4. The van der Waals surface area contributed by atoms with Gasteiger partial charge in [0.2, 0.25) is 0 Å². The van der Waals surface area contributed by atoms with Crippen molar-refractivity contribution in [3.8, 4) is 0 Å². The number of hydrogen-bond acceptors (Lipinski definition) is 5. The van der Waals surface area contributed by atoms with E-state index in [0.717, 1.165) is 11.5 Å². The molecule has 2 aromatic heterocycles. The van der Waals surface area contributed by atoms with Crippen molar-refractivity contribution in [3.05, 3.63) is 41.3 Å². The maximum absolute atomic E-state index is 5.85. The van der Waals surface area contributed by atoms with E-state index < -0.39 is 0 Å². The Kier molecular flexibility index (Phi) is 3.26. The molecule has 0 aliphatic carbocycles. The zero-order chi connectivity index (χ0) is 11.4. The van der Waals surface area contributed by atoms with E-state index in [2.05, 4.69) is 25.3 Å². The summed E-state index contributed by atoms with van der Waals surface area (Å²) < 4.78 is 0. The predicted octanol–water partition coefficient (Wildman–Crippen LogP) is 1.84. The monoisotopic (exact) mass is 235 g/mol. The van der Waals surface area contributed by atoms with Crippen LogP contribution in [0.3, 0.4) is 0 Å². The SMILES string of the molecule is Cc1nccc(CNc2nccnc2Cl)n1. The highest BCUT2D eigenvalue weighted by Crippen LogP contribution is 2.14. The van der Waals surface area contributed by atoms with Crippen LogP contribution >= 0.6 is 11.6 Å². The van der Waals surface area contributed by atoms with Gasteiger partial charge in [0, 0.05) is 18.6 Å². The molecule has 16 heavy (non-hydrogen) atoms. The fraction of sp³-hybridized carbons (Fsp3) is 0.200. The third kappa shape index (κ3) is 2.64. The van der Waals surface area contributed by atoms with Gasteiger partial charge in [-0.2, -0.15) is 0 Å². The van der Waals surface area contributed by atoms with Gasteiger partial charge in [0.05, 0.1) is 12.2 Å². The standard InChI is InChI=1S/C10H10ClN5/c1-7-12-3-2-8(16-7)6-15-10-9(11)13-4-5-14-10/h2-5H,6H2,1H3,(H,14,15). The molecule has 0 bridgehead atoms. The number of anilines is 1. The second-order valence-electron chi connectivity index (χ2n) is 3.14. The summed E-state index contributed by atoms with van der Waals surface area (Å²) in [5.74, 6) is 1.30. The predicted molar refractivity (Wildman–Crippen MR) is 61.1 cm³/mol. The fourth-order valence-electron chi connectivity index (χ4n) is 1.22. The summed E-state index contributed by atoms with van der Waals surface area (Å²) in [4.78, 5) is 16.3. The molecule has 0 amide bonds. The molecule has 0 saturated carbocycles. The highest BCUT2D eigenvalue weighted by Gasteiger charge is 2.02. The van der Waals surface area contributed by atoms with Crippen LogP contribution in [0.2, 0.25) is 5.15 Å². The van der Waals surface area contributed by atoms with E-state index in [-0.39, 0.29) is 0 Å². The zero-order valence-corrected chi connectivity index (χ0v) is 9.44. The van der Waals surface area contributed by atoms with Gasteiger partial charge in [-0.3, -0.25) is 0 Å². The van der Waals surface area contributed by atoms with Crippen molar-refractivity contribution >= 4 is 17.4 Å². The van der Waals surface area contributed by atoms with E-state index in [0.29, 0.717) is 17.5 Å². The summed E-state index contributed by atoms with van der Waals surface area (Å²) in [6.45, 7) is 2.39. The van der Waals surface area contributed by atoms with Crippen molar-refractivity contribution in [1.82, 2.24) is 19.9 Å². The van der Waals surface area contributed by atoms with Gasteiger partial charge in [0.25, 0.3) is 0 Å². The van der Waals surface area contributed by atoms with Crippen LogP contribution in [0.4, 0.5) is 5.82 Å². The van der Waals surface area contributed by atoms with Crippen LogP contribution < -0.4 is 5.32 Å². The van der Waals surface area contributed by atoms with Crippen LogP contribution in [0.1, 0.15) is 11.5 Å². The maximum Gasteiger partial charge on any atom is 0.171 e. The highest BCUT2D eigenvalue weighted by molar-refractivity contribution is 6.31. The smallest absolute Gasteiger partial charge is 0.171 e. The quantitative estimate of drug-likeness (QED) is 0.880. The van der Waals surface area contributed by atoms with Gasteiger partial charge in [-0.05, 0) is 13.0 Å². The molecule has 0 saturated heterocycles. The lowest BCUT2D eigenvalue weighted by atomic mass is 10.4. The molecule has 6 heteroatoms. The molecular weight excluding hydrogens is 226 g/mol. The molecule has 0 atom stereocenters. The van der Waals surface area contributed by atoms with Crippen molar-refractivity contribution in [2.75, 3.05) is 5.32 Å². The van der Waals surface area contributed by atoms with Gasteiger partial charge < -0.3 is 5.32 Å². The molecule has 0 aliphatic rings. The first-order valence-electron chi connectivity index (χ1n) is 4.74. The molecule has 2 heterocycles. The molecular formula is C10H10ClN5. The molecule has 0 radical (unpaired) electrons. The Morgan fingerprint density at radius 3 is 2.75 bits per heavy atom. The summed E-state index contributed by atoms with van der Waals surface area (Å²) >= 11 is 5.85. The van der Waals surface area contributed by atoms with Crippen LogP contribution in [0, 0.1) is 6.92 Å². The molecule has 2 aromatic rings. The second-order valence-corrected chi connectivity index (χ2v) is 3.50. The number of nitrogens with one attached hydrogen (secondary N) is 1. The second kappa shape index (κ2) is 4.85. The average Bonchev–Trinajstić information content (AvgIpc) is 2.28. The summed E-state index contributed by atoms with van der Waals surface area (Å²) in [6.07, 6.45) is 4.85. The molecule has 5 nitrogen and oxygen atoms in total. The first-order valence-corrected chi connectivity index (χ1v) is 5.12. The largest absolute Gasteiger partial charge is 0.362 e. The van der Waals surface area contributed by atoms with E-state index in [1.807, 2.05) is 13.0 Å². The van der Waals surface area contributed by atoms with Crippen molar-refractivity contribution in [2.45, 2.75) is 13.5 Å². The fourth-order valence-corrected chi connectivity index (χ4v) is 1.39. The molecule has 0 aliphatic heterocycles.